The Morgan fingerprint density at radius 3 is 2.40 bits per heavy atom. The van der Waals surface area contributed by atoms with Gasteiger partial charge in [-0.1, -0.05) is 0 Å². The van der Waals surface area contributed by atoms with E-state index in [2.05, 4.69) is 13.8 Å². The SMILES string of the molecule is C[N+](C)(C)CCOP(=O)(O)OP(=O)(O)O.Nc1ccn(C2CCC(CO)O2)c(=O)n1. The highest BCUT2D eigenvalue weighted by Crippen LogP contribution is 2.57. The first-order chi connectivity index (χ1) is 13.6. The molecule has 2 heterocycles. The van der Waals surface area contributed by atoms with E-state index in [1.807, 2.05) is 21.1 Å². The first kappa shape index (κ1) is 26.9. The first-order valence-electron chi connectivity index (χ1n) is 8.77. The average molecular weight is 475 g/mol. The second-order valence-corrected chi connectivity index (χ2v) is 10.2. The van der Waals surface area contributed by atoms with Crippen molar-refractivity contribution in [3.8, 4) is 0 Å². The molecule has 1 fully saturated rings. The number of nitrogen functional groups attached to an aromatic ring is 1. The standard InChI is InChI=1S/C9H13N3O3.C5H15NO7P2/c10-7-3-4-12(9(14)11-7)8-2-1-6(5-13)15-8;1-6(2,3)4-5-12-15(10,11)13-14(7,8)9/h3-4,6,8,13H,1-2,5H2,(H2,10,11,14);4-5H2,1-3H3,(H2-,7,8,9,10,11)/p+1. The number of rotatable bonds is 8. The second-order valence-electron chi connectivity index (χ2n) is 7.40. The molecule has 0 amide bonds. The van der Waals surface area contributed by atoms with Crippen molar-refractivity contribution in [2.24, 2.45) is 0 Å². The van der Waals surface area contributed by atoms with Crippen LogP contribution in [-0.2, 0) is 22.7 Å². The maximum Gasteiger partial charge on any atom is 0.481 e. The van der Waals surface area contributed by atoms with Crippen LogP contribution >= 0.6 is 15.6 Å². The second kappa shape index (κ2) is 10.9. The number of phosphoric ester groups is 1. The lowest BCUT2D eigenvalue weighted by atomic mass is 10.2. The van der Waals surface area contributed by atoms with Gasteiger partial charge >= 0.3 is 21.3 Å². The van der Waals surface area contributed by atoms with Crippen molar-refractivity contribution in [3.63, 3.8) is 0 Å². The highest BCUT2D eigenvalue weighted by Gasteiger charge is 2.32. The van der Waals surface area contributed by atoms with Crippen molar-refractivity contribution in [1.29, 1.82) is 0 Å². The molecule has 0 aliphatic carbocycles. The van der Waals surface area contributed by atoms with Gasteiger partial charge in [0.05, 0.1) is 33.9 Å². The zero-order valence-electron chi connectivity index (χ0n) is 16.9. The lowest BCUT2D eigenvalue weighted by molar-refractivity contribution is -0.870. The fourth-order valence-corrected chi connectivity index (χ4v) is 3.83. The van der Waals surface area contributed by atoms with Crippen molar-refractivity contribution in [3.05, 3.63) is 22.7 Å². The summed E-state index contributed by atoms with van der Waals surface area (Å²) in [6.07, 6.45) is 2.51. The highest BCUT2D eigenvalue weighted by molar-refractivity contribution is 7.60. The van der Waals surface area contributed by atoms with Gasteiger partial charge in [-0.15, -0.1) is 0 Å². The lowest BCUT2D eigenvalue weighted by Gasteiger charge is -2.23. The summed E-state index contributed by atoms with van der Waals surface area (Å²) < 4.78 is 36.5. The van der Waals surface area contributed by atoms with Crippen LogP contribution in [-0.4, -0.2) is 80.8 Å². The first-order valence-corrected chi connectivity index (χ1v) is 11.8. The molecular weight excluding hydrogens is 446 g/mol. The van der Waals surface area contributed by atoms with Crippen LogP contribution in [0, 0.1) is 0 Å². The molecule has 30 heavy (non-hydrogen) atoms. The molecule has 1 aromatic rings. The predicted molar refractivity (Wildman–Crippen MR) is 105 cm³/mol. The molecule has 2 rings (SSSR count). The Kier molecular flexibility index (Phi) is 9.77. The predicted octanol–water partition coefficient (Wildman–Crippen LogP) is -0.586. The number of ether oxygens (including phenoxy) is 1. The summed E-state index contributed by atoms with van der Waals surface area (Å²) in [5.41, 5.74) is 4.96. The third kappa shape index (κ3) is 10.7. The number of hydrogen-bond donors (Lipinski definition) is 5. The quantitative estimate of drug-likeness (QED) is 0.237. The molecule has 0 radical (unpaired) electrons. The topological polar surface area (TPSA) is 204 Å². The Bertz CT molecular complexity index is 837. The van der Waals surface area contributed by atoms with Crippen LogP contribution in [0.3, 0.4) is 0 Å². The number of aromatic nitrogens is 2. The minimum Gasteiger partial charge on any atom is -0.394 e. The van der Waals surface area contributed by atoms with Crippen molar-refractivity contribution in [2.45, 2.75) is 25.2 Å². The summed E-state index contributed by atoms with van der Waals surface area (Å²) in [5, 5.41) is 8.90. The molecule has 1 aliphatic rings. The average Bonchev–Trinajstić information content (AvgIpc) is 3.00. The Balaban J connectivity index is 0.000000300. The molecule has 0 bridgehead atoms. The molecule has 1 aliphatic heterocycles. The molecule has 6 N–H and O–H groups in total. The fourth-order valence-electron chi connectivity index (χ4n) is 2.26. The number of likely N-dealkylation sites (N-methyl/N-ethyl adjacent to an activating group) is 1. The Labute approximate surface area is 173 Å². The van der Waals surface area contributed by atoms with Gasteiger partial charge in [-0.05, 0) is 18.9 Å². The van der Waals surface area contributed by atoms with Crippen LogP contribution in [0.5, 0.6) is 0 Å². The minimum absolute atomic E-state index is 0.0202. The zero-order valence-corrected chi connectivity index (χ0v) is 18.7. The maximum atomic E-state index is 11.5. The Morgan fingerprint density at radius 1 is 1.30 bits per heavy atom. The summed E-state index contributed by atoms with van der Waals surface area (Å²) in [7, 11) is -4.20. The van der Waals surface area contributed by atoms with Crippen molar-refractivity contribution in [2.75, 3.05) is 46.6 Å². The third-order valence-electron chi connectivity index (χ3n) is 3.68. The molecule has 1 aromatic heterocycles. The largest absolute Gasteiger partial charge is 0.481 e. The molecule has 0 spiro atoms. The summed E-state index contributed by atoms with van der Waals surface area (Å²) in [4.78, 5) is 40.5. The Morgan fingerprint density at radius 2 is 1.93 bits per heavy atom. The molecule has 3 atom stereocenters. The molecule has 174 valence electrons. The van der Waals surface area contributed by atoms with Gasteiger partial charge in [-0.2, -0.15) is 9.29 Å². The van der Waals surface area contributed by atoms with Crippen molar-refractivity contribution >= 4 is 21.5 Å². The van der Waals surface area contributed by atoms with Gasteiger partial charge in [0.2, 0.25) is 0 Å². The summed E-state index contributed by atoms with van der Waals surface area (Å²) in [6, 6.07) is 1.55. The van der Waals surface area contributed by atoms with Crippen LogP contribution in [0.1, 0.15) is 19.1 Å². The summed E-state index contributed by atoms with van der Waals surface area (Å²) in [5.74, 6) is 0.202. The fraction of sp³-hybridized carbons (Fsp3) is 0.714. The smallest absolute Gasteiger partial charge is 0.394 e. The number of phosphoric acid groups is 2. The van der Waals surface area contributed by atoms with E-state index in [1.54, 1.807) is 12.3 Å². The van der Waals surface area contributed by atoms with Crippen LogP contribution in [0.2, 0.25) is 0 Å². The maximum absolute atomic E-state index is 11.5. The number of aliphatic hydroxyl groups excluding tert-OH is 1. The number of nitrogens with two attached hydrogens (primary N) is 1. The third-order valence-corrected chi connectivity index (χ3v) is 5.86. The molecule has 1 saturated heterocycles. The number of aliphatic hydroxyl groups is 1. The molecule has 0 saturated carbocycles. The number of nitrogens with zero attached hydrogens (tertiary/aromatic N) is 3. The zero-order chi connectivity index (χ0) is 23.2. The normalized spacial score (nSPS) is 21.6. The van der Waals surface area contributed by atoms with E-state index < -0.39 is 21.3 Å². The molecule has 16 heteroatoms. The monoisotopic (exact) mass is 475 g/mol. The van der Waals surface area contributed by atoms with E-state index >= 15 is 0 Å². The van der Waals surface area contributed by atoms with Crippen LogP contribution in [0.25, 0.3) is 0 Å². The van der Waals surface area contributed by atoms with E-state index in [1.165, 1.54) is 4.57 Å². The molecule has 14 nitrogen and oxygen atoms in total. The number of hydrogen-bond acceptors (Lipinski definition) is 9. The highest BCUT2D eigenvalue weighted by atomic mass is 31.3. The summed E-state index contributed by atoms with van der Waals surface area (Å²) in [6.45, 7) is 0.236. The van der Waals surface area contributed by atoms with Gasteiger partial charge in [-0.3, -0.25) is 9.09 Å². The van der Waals surface area contributed by atoms with Gasteiger partial charge in [0.1, 0.15) is 25.2 Å². The number of anilines is 1. The van der Waals surface area contributed by atoms with E-state index in [0.29, 0.717) is 17.4 Å². The van der Waals surface area contributed by atoms with Gasteiger partial charge in [0.25, 0.3) is 0 Å². The minimum atomic E-state index is -5.01. The number of quaternary nitrogens is 1. The van der Waals surface area contributed by atoms with E-state index in [-0.39, 0.29) is 31.4 Å². The van der Waals surface area contributed by atoms with E-state index in [0.717, 1.165) is 6.42 Å². The molecule has 0 aromatic carbocycles. The van der Waals surface area contributed by atoms with Gasteiger partial charge in [0.15, 0.2) is 0 Å². The van der Waals surface area contributed by atoms with Gasteiger partial charge in [-0.25, -0.2) is 13.9 Å². The van der Waals surface area contributed by atoms with E-state index in [4.69, 9.17) is 30.3 Å². The van der Waals surface area contributed by atoms with Gasteiger partial charge < -0.3 is 34.7 Å². The van der Waals surface area contributed by atoms with Crippen molar-refractivity contribution in [1.82, 2.24) is 9.55 Å². The molecule has 3 unspecified atom stereocenters. The van der Waals surface area contributed by atoms with Crippen LogP contribution < -0.4 is 11.4 Å². The van der Waals surface area contributed by atoms with Crippen molar-refractivity contribution < 1.29 is 47.0 Å². The summed E-state index contributed by atoms with van der Waals surface area (Å²) >= 11 is 0. The van der Waals surface area contributed by atoms with Crippen LogP contribution in [0.15, 0.2) is 17.1 Å². The van der Waals surface area contributed by atoms with Gasteiger partial charge in [0, 0.05) is 6.20 Å². The molecular formula is C14H29N4O10P2+. The van der Waals surface area contributed by atoms with E-state index in [9.17, 15) is 13.9 Å². The lowest BCUT2D eigenvalue weighted by Crippen LogP contribution is -2.37. The van der Waals surface area contributed by atoms with Crippen LogP contribution in [0.4, 0.5) is 5.82 Å². The Hall–Kier alpha value is -1.18.